The van der Waals surface area contributed by atoms with Crippen LogP contribution in [0.15, 0.2) is 22.7 Å². The Hall–Kier alpha value is -0.880. The average Bonchev–Trinajstić information content (AvgIpc) is 2.27. The van der Waals surface area contributed by atoms with Crippen LogP contribution in [0.5, 0.6) is 0 Å². The molecule has 0 radical (unpaired) electrons. The molecule has 0 unspecified atom stereocenters. The van der Waals surface area contributed by atoms with Gasteiger partial charge in [0.1, 0.15) is 11.4 Å². The second kappa shape index (κ2) is 4.10. The van der Waals surface area contributed by atoms with E-state index in [1.54, 1.807) is 18.0 Å². The van der Waals surface area contributed by atoms with E-state index in [9.17, 15) is 0 Å². The third-order valence-electron chi connectivity index (χ3n) is 1.71. The van der Waals surface area contributed by atoms with Crippen LogP contribution >= 0.6 is 23.5 Å². The summed E-state index contributed by atoms with van der Waals surface area (Å²) < 4.78 is 0. The zero-order valence-electron chi connectivity index (χ0n) is 7.76. The van der Waals surface area contributed by atoms with Crippen molar-refractivity contribution in [2.24, 2.45) is 0 Å². The Morgan fingerprint density at radius 3 is 2.64 bits per heavy atom. The molecule has 72 valence electrons. The lowest BCUT2D eigenvalue weighted by atomic mass is 10.4. The van der Waals surface area contributed by atoms with Crippen LogP contribution in [-0.2, 0) is 0 Å². The molecule has 0 aliphatic heterocycles. The number of aromatic nitrogens is 4. The molecule has 0 amide bonds. The molecule has 0 fully saturated rings. The topological polar surface area (TPSA) is 51.6 Å². The van der Waals surface area contributed by atoms with Crippen molar-refractivity contribution < 1.29 is 0 Å². The fourth-order valence-corrected chi connectivity index (χ4v) is 1.93. The normalized spacial score (nSPS) is 10.7. The van der Waals surface area contributed by atoms with Crippen molar-refractivity contribution in [3.8, 4) is 0 Å². The van der Waals surface area contributed by atoms with Gasteiger partial charge < -0.3 is 0 Å². The highest BCUT2D eigenvalue weighted by Gasteiger charge is 2.04. The molecule has 14 heavy (non-hydrogen) atoms. The average molecular weight is 224 g/mol. The second-order valence-electron chi connectivity index (χ2n) is 2.48. The van der Waals surface area contributed by atoms with E-state index in [2.05, 4.69) is 19.9 Å². The first-order valence-electron chi connectivity index (χ1n) is 3.91. The summed E-state index contributed by atoms with van der Waals surface area (Å²) in [7, 11) is 0. The van der Waals surface area contributed by atoms with Crippen molar-refractivity contribution in [1.29, 1.82) is 0 Å². The third kappa shape index (κ3) is 1.67. The lowest BCUT2D eigenvalue weighted by Gasteiger charge is -2.01. The Balaban J connectivity index is 2.67. The lowest BCUT2D eigenvalue weighted by Crippen LogP contribution is -1.92. The van der Waals surface area contributed by atoms with E-state index < -0.39 is 0 Å². The highest BCUT2D eigenvalue weighted by Crippen LogP contribution is 2.21. The maximum Gasteiger partial charge on any atom is 0.189 e. The molecule has 0 aliphatic carbocycles. The van der Waals surface area contributed by atoms with Gasteiger partial charge in [-0.15, -0.1) is 11.8 Å². The van der Waals surface area contributed by atoms with Crippen LogP contribution in [0.25, 0.3) is 11.0 Å². The molecule has 4 nitrogen and oxygen atoms in total. The number of thioether (sulfide) groups is 2. The van der Waals surface area contributed by atoms with E-state index in [0.717, 1.165) is 15.6 Å². The smallest absolute Gasteiger partial charge is 0.189 e. The SMILES string of the molecule is CSc1ncc2c(SC)ncnc2n1. The summed E-state index contributed by atoms with van der Waals surface area (Å²) >= 11 is 3.08. The van der Waals surface area contributed by atoms with Crippen molar-refractivity contribution in [3.63, 3.8) is 0 Å². The molecule has 0 atom stereocenters. The van der Waals surface area contributed by atoms with Gasteiger partial charge in [0, 0.05) is 6.20 Å². The monoisotopic (exact) mass is 224 g/mol. The van der Waals surface area contributed by atoms with Gasteiger partial charge >= 0.3 is 0 Å². The predicted octanol–water partition coefficient (Wildman–Crippen LogP) is 1.86. The van der Waals surface area contributed by atoms with Crippen LogP contribution in [0.4, 0.5) is 0 Å². The fourth-order valence-electron chi connectivity index (χ4n) is 1.07. The summed E-state index contributed by atoms with van der Waals surface area (Å²) in [4.78, 5) is 16.7. The zero-order valence-corrected chi connectivity index (χ0v) is 9.39. The molecular weight excluding hydrogens is 216 g/mol. The first-order valence-corrected chi connectivity index (χ1v) is 6.36. The van der Waals surface area contributed by atoms with Crippen molar-refractivity contribution in [2.45, 2.75) is 10.2 Å². The van der Waals surface area contributed by atoms with Crippen LogP contribution in [-0.4, -0.2) is 32.4 Å². The van der Waals surface area contributed by atoms with Crippen LogP contribution in [0.2, 0.25) is 0 Å². The number of nitrogens with zero attached hydrogens (tertiary/aromatic N) is 4. The third-order valence-corrected chi connectivity index (χ3v) is 2.98. The highest BCUT2D eigenvalue weighted by atomic mass is 32.2. The molecule has 0 N–H and O–H groups in total. The predicted molar refractivity (Wildman–Crippen MR) is 58.7 cm³/mol. The Morgan fingerprint density at radius 2 is 1.93 bits per heavy atom. The maximum absolute atomic E-state index is 4.29. The van der Waals surface area contributed by atoms with Gasteiger partial charge in [0.05, 0.1) is 5.39 Å². The van der Waals surface area contributed by atoms with Gasteiger partial charge in [-0.25, -0.2) is 19.9 Å². The second-order valence-corrected chi connectivity index (χ2v) is 4.05. The Kier molecular flexibility index (Phi) is 2.83. The Morgan fingerprint density at radius 1 is 1.07 bits per heavy atom. The number of hydrogen-bond acceptors (Lipinski definition) is 6. The van der Waals surface area contributed by atoms with Crippen LogP contribution in [0, 0.1) is 0 Å². The van der Waals surface area contributed by atoms with E-state index >= 15 is 0 Å². The quantitative estimate of drug-likeness (QED) is 0.441. The molecule has 2 aromatic rings. The minimum atomic E-state index is 0.712. The molecule has 2 rings (SSSR count). The van der Waals surface area contributed by atoms with Gasteiger partial charge in [-0.1, -0.05) is 11.8 Å². The zero-order chi connectivity index (χ0) is 9.97. The molecule has 2 aromatic heterocycles. The number of hydrogen-bond donors (Lipinski definition) is 0. The van der Waals surface area contributed by atoms with Crippen LogP contribution < -0.4 is 0 Å². The first kappa shape index (κ1) is 9.67. The van der Waals surface area contributed by atoms with E-state index in [0.29, 0.717) is 5.65 Å². The molecular formula is C8H8N4S2. The van der Waals surface area contributed by atoms with Crippen molar-refractivity contribution in [3.05, 3.63) is 12.5 Å². The molecule has 2 heterocycles. The summed E-state index contributed by atoms with van der Waals surface area (Å²) in [6, 6.07) is 0. The van der Waals surface area contributed by atoms with Crippen LogP contribution in [0.1, 0.15) is 0 Å². The minimum absolute atomic E-state index is 0.712. The van der Waals surface area contributed by atoms with Crippen molar-refractivity contribution >= 4 is 34.6 Å². The number of rotatable bonds is 2. The summed E-state index contributed by atoms with van der Waals surface area (Å²) in [5.74, 6) is 0. The first-order chi connectivity index (χ1) is 6.85. The van der Waals surface area contributed by atoms with E-state index in [1.807, 2.05) is 12.5 Å². The standard InChI is InChI=1S/C8H8N4S2/c1-13-7-5-3-9-8(14-2)12-6(5)10-4-11-7/h3-4H,1-2H3. The largest absolute Gasteiger partial charge is 0.230 e. The molecule has 0 saturated heterocycles. The summed E-state index contributed by atoms with van der Waals surface area (Å²) in [5, 5.41) is 2.57. The van der Waals surface area contributed by atoms with E-state index in [1.165, 1.54) is 18.1 Å². The van der Waals surface area contributed by atoms with E-state index in [-0.39, 0.29) is 0 Å². The highest BCUT2D eigenvalue weighted by molar-refractivity contribution is 7.98. The Bertz CT molecular complexity index is 460. The van der Waals surface area contributed by atoms with Gasteiger partial charge in [0.25, 0.3) is 0 Å². The van der Waals surface area contributed by atoms with Gasteiger partial charge in [-0.3, -0.25) is 0 Å². The maximum atomic E-state index is 4.29. The van der Waals surface area contributed by atoms with Crippen molar-refractivity contribution in [2.75, 3.05) is 12.5 Å². The summed E-state index contributed by atoms with van der Waals surface area (Å²) in [5.41, 5.74) is 0.712. The molecule has 0 spiro atoms. The fraction of sp³-hybridized carbons (Fsp3) is 0.250. The number of fused-ring (bicyclic) bond motifs is 1. The van der Waals surface area contributed by atoms with Gasteiger partial charge in [0.2, 0.25) is 0 Å². The molecule has 0 bridgehead atoms. The van der Waals surface area contributed by atoms with Crippen molar-refractivity contribution in [1.82, 2.24) is 19.9 Å². The molecule has 0 aromatic carbocycles. The molecule has 0 aliphatic rings. The van der Waals surface area contributed by atoms with Gasteiger partial charge in [0.15, 0.2) is 10.8 Å². The van der Waals surface area contributed by atoms with E-state index in [4.69, 9.17) is 0 Å². The molecule has 0 saturated carbocycles. The lowest BCUT2D eigenvalue weighted by molar-refractivity contribution is 0.966. The summed E-state index contributed by atoms with van der Waals surface area (Å²) in [6.45, 7) is 0. The minimum Gasteiger partial charge on any atom is -0.230 e. The van der Waals surface area contributed by atoms with Gasteiger partial charge in [-0.2, -0.15) is 0 Å². The Labute approximate surface area is 90.0 Å². The van der Waals surface area contributed by atoms with Gasteiger partial charge in [-0.05, 0) is 12.5 Å². The molecule has 6 heteroatoms. The van der Waals surface area contributed by atoms with Crippen LogP contribution in [0.3, 0.4) is 0 Å². The summed E-state index contributed by atoms with van der Waals surface area (Å²) in [6.07, 6.45) is 7.23.